The third-order valence-corrected chi connectivity index (χ3v) is 0. The fraction of sp³-hybridized carbons (Fsp3) is 0. The van der Waals surface area contributed by atoms with Crippen LogP contribution >= 0.6 is 25.1 Å². The van der Waals surface area contributed by atoms with Gasteiger partial charge in [-0.05, 0) is 10.1 Å². The van der Waals surface area contributed by atoms with Gasteiger partial charge < -0.3 is 2.85 Å². The van der Waals surface area contributed by atoms with Crippen molar-refractivity contribution in [1.82, 2.24) is 0 Å². The van der Waals surface area contributed by atoms with Gasteiger partial charge in [-0.15, -0.1) is 0 Å². The molecule has 0 nitrogen and oxygen atoms in total. The Hall–Kier alpha value is 4.61. The van der Waals surface area contributed by atoms with E-state index in [1.807, 2.05) is 0 Å². The molecule has 0 aliphatic heterocycles. The van der Waals surface area contributed by atoms with Crippen LogP contribution in [0.2, 0.25) is 0 Å². The van der Waals surface area contributed by atoms with Crippen molar-refractivity contribution >= 4 is 25.1 Å². The summed E-state index contributed by atoms with van der Waals surface area (Å²) < 4.78 is 0. The second kappa shape index (κ2) is 23.5. The van der Waals surface area contributed by atoms with Crippen molar-refractivity contribution in [3.63, 3.8) is 0 Å². The molecule has 5 heteroatoms. The smallest absolute Gasteiger partial charge is 1.00 e. The first-order valence-electron chi connectivity index (χ1n) is 0.143. The van der Waals surface area contributed by atoms with E-state index in [1.54, 1.807) is 0 Å². The van der Waals surface area contributed by atoms with Crippen molar-refractivity contribution in [3.05, 3.63) is 0 Å². The molecule has 0 rings (SSSR count). The Morgan fingerprint density at radius 1 is 1.40 bits per heavy atom. The summed E-state index contributed by atoms with van der Waals surface area (Å²) in [5.41, 5.74) is 0. The second-order valence-electron chi connectivity index (χ2n) is 0. The molecule has 0 aliphatic carbocycles. The Morgan fingerprint density at radius 3 is 1.40 bits per heavy atom. The third-order valence-electron chi connectivity index (χ3n) is 0. The zero-order valence-corrected chi connectivity index (χ0v) is 15.6. The molecule has 0 unspecified atom stereocenters. The molecule has 0 aromatic rings. The van der Waals surface area contributed by atoms with Crippen molar-refractivity contribution in [1.29, 1.82) is 0 Å². The summed E-state index contributed by atoms with van der Waals surface area (Å²) in [6, 6.07) is 0. The summed E-state index contributed by atoms with van der Waals surface area (Å²) in [7, 11) is 4.45. The molecule has 1 radical (unpaired) electrons. The number of rotatable bonds is 0. The van der Waals surface area contributed by atoms with Crippen molar-refractivity contribution in [3.8, 4) is 0 Å². The standard InChI is InChI=1S/BrCl.Cs.La.Li.2H/c1-2;;;;;/q;+1;;+1;2*-1. The fourth-order valence-corrected chi connectivity index (χ4v) is 0. The number of hydrogen-bond donors (Lipinski definition) is 0. The van der Waals surface area contributed by atoms with Crippen LogP contribution in [-0.4, -0.2) is 0 Å². The first kappa shape index (κ1) is 22.6. The maximum Gasteiger partial charge on any atom is 1.00 e. The molecule has 0 saturated carbocycles. The van der Waals surface area contributed by atoms with Crippen LogP contribution in [-0.2, 0) is 0 Å². The van der Waals surface area contributed by atoms with Gasteiger partial charge in [0.1, 0.15) is 0 Å². The van der Waals surface area contributed by atoms with Crippen LogP contribution < -0.4 is 87.8 Å². The molecule has 0 aromatic carbocycles. The average molecular weight is 396 g/mol. The van der Waals surface area contributed by atoms with Gasteiger partial charge in [-0.3, -0.25) is 0 Å². The van der Waals surface area contributed by atoms with Crippen LogP contribution in [0, 0.1) is 35.6 Å². The molecule has 0 saturated heterocycles. The minimum Gasteiger partial charge on any atom is -1.00 e. The quantitative estimate of drug-likeness (QED) is 0.365. The molecule has 0 heterocycles. The molecule has 0 spiro atoms. The molecule has 0 fully saturated rings. The molecule has 0 N–H and O–H groups in total. The van der Waals surface area contributed by atoms with Crippen LogP contribution in [0.15, 0.2) is 0 Å². The van der Waals surface area contributed by atoms with Crippen molar-refractivity contribution in [2.45, 2.75) is 0 Å². The Balaban J connectivity index is -0.000000000500. The first-order chi connectivity index (χ1) is 1.00. The maximum absolute atomic E-state index is 4.45. The number of halogens is 2. The largest absolute Gasteiger partial charge is 1.00 e. The number of hydrogen-bond acceptors (Lipinski definition) is 0. The normalized spacial score (nSPS) is 1.20. The van der Waals surface area contributed by atoms with Crippen LogP contribution in [0.3, 0.4) is 0 Å². The van der Waals surface area contributed by atoms with E-state index in [0.29, 0.717) is 0 Å². The molecule has 21 valence electrons. The van der Waals surface area contributed by atoms with Gasteiger partial charge in [0.25, 0.3) is 0 Å². The summed E-state index contributed by atoms with van der Waals surface area (Å²) in [5, 5.41) is 0. The Labute approximate surface area is 146 Å². The molecule has 0 atom stereocenters. The van der Waals surface area contributed by atoms with Crippen molar-refractivity contribution in [2.75, 3.05) is 0 Å². The molecular formula is H2BrClCsLaLi. The summed E-state index contributed by atoms with van der Waals surface area (Å²) in [5.74, 6) is 0. The van der Waals surface area contributed by atoms with E-state index in [1.165, 1.54) is 0 Å². The van der Waals surface area contributed by atoms with Crippen LogP contribution in [0.4, 0.5) is 0 Å². The van der Waals surface area contributed by atoms with Gasteiger partial charge in [0, 0.05) is 50.6 Å². The summed E-state index contributed by atoms with van der Waals surface area (Å²) >= 11 is 2.41. The van der Waals surface area contributed by atoms with Gasteiger partial charge >= 0.3 is 87.8 Å². The second-order valence-corrected chi connectivity index (χ2v) is 0. The SMILES string of the molecule is ClBr.[Cs+].[H-].[H-].[La].[Li+]. The average Bonchev–Trinajstić information content (AvgIpc) is 1.00. The van der Waals surface area contributed by atoms with E-state index in [-0.39, 0.29) is 126 Å². The van der Waals surface area contributed by atoms with E-state index in [4.69, 9.17) is 0 Å². The predicted octanol–water partition coefficient (Wildman–Crippen LogP) is -4.23. The third kappa shape index (κ3) is 17.7. The summed E-state index contributed by atoms with van der Waals surface area (Å²) in [4.78, 5) is 0. The predicted molar refractivity (Wildman–Crippen MR) is 17.0 cm³/mol. The zero-order chi connectivity index (χ0) is 2.00. The topological polar surface area (TPSA) is 0 Å². The van der Waals surface area contributed by atoms with Gasteiger partial charge in [-0.25, -0.2) is 0 Å². The molecule has 0 bridgehead atoms. The molecular weight excluding hydrogens is 394 g/mol. The monoisotopic (exact) mass is 395 g/mol. The van der Waals surface area contributed by atoms with Crippen LogP contribution in [0.1, 0.15) is 2.85 Å². The van der Waals surface area contributed by atoms with E-state index >= 15 is 0 Å². The van der Waals surface area contributed by atoms with Crippen molar-refractivity contribution in [2.24, 2.45) is 0 Å². The fourth-order valence-electron chi connectivity index (χ4n) is 0. The molecule has 5 heavy (non-hydrogen) atoms. The van der Waals surface area contributed by atoms with E-state index in [0.717, 1.165) is 0 Å². The van der Waals surface area contributed by atoms with Crippen LogP contribution in [0.25, 0.3) is 0 Å². The van der Waals surface area contributed by atoms with E-state index in [2.05, 4.69) is 25.1 Å². The first-order valence-corrected chi connectivity index (χ1v) is 2.23. The van der Waals surface area contributed by atoms with Gasteiger partial charge in [-0.2, -0.15) is 0 Å². The Kier molecular flexibility index (Phi) is 106. The van der Waals surface area contributed by atoms with Crippen molar-refractivity contribution < 1.29 is 126 Å². The van der Waals surface area contributed by atoms with Gasteiger partial charge in [0.05, 0.1) is 0 Å². The van der Waals surface area contributed by atoms with Gasteiger partial charge in [0.15, 0.2) is 0 Å². The Bertz CT molecular complexity index is 17.7. The van der Waals surface area contributed by atoms with E-state index < -0.39 is 0 Å². The molecule has 0 aliphatic rings. The minimum absolute atomic E-state index is 0. The van der Waals surface area contributed by atoms with E-state index in [9.17, 15) is 0 Å². The summed E-state index contributed by atoms with van der Waals surface area (Å²) in [6.07, 6.45) is 0. The maximum atomic E-state index is 4.45. The Morgan fingerprint density at radius 2 is 1.40 bits per heavy atom. The molecule has 0 amide bonds. The van der Waals surface area contributed by atoms with Crippen LogP contribution in [0.5, 0.6) is 0 Å². The minimum atomic E-state index is 0. The molecule has 0 aromatic heterocycles. The summed E-state index contributed by atoms with van der Waals surface area (Å²) in [6.45, 7) is 0. The van der Waals surface area contributed by atoms with Gasteiger partial charge in [-0.1, -0.05) is 0 Å². The van der Waals surface area contributed by atoms with Gasteiger partial charge in [0.2, 0.25) is 0 Å². The zero-order valence-electron chi connectivity index (χ0n) is 5.33.